The topological polar surface area (TPSA) is 20.2 Å². The molecule has 0 heterocycles. The van der Waals surface area contributed by atoms with E-state index in [1.54, 1.807) is 6.92 Å². The molecule has 14 heavy (non-hydrogen) atoms. The minimum atomic E-state index is -4.51. The van der Waals surface area contributed by atoms with E-state index in [9.17, 15) is 18.3 Å². The van der Waals surface area contributed by atoms with Crippen LogP contribution in [0.3, 0.4) is 0 Å². The zero-order valence-corrected chi connectivity index (χ0v) is 8.56. The van der Waals surface area contributed by atoms with Crippen molar-refractivity contribution in [3.8, 4) is 0 Å². The average molecular weight is 210 g/mol. The summed E-state index contributed by atoms with van der Waals surface area (Å²) >= 11 is 0. The molecule has 0 aromatic heterocycles. The third kappa shape index (κ3) is 2.05. The van der Waals surface area contributed by atoms with Crippen molar-refractivity contribution >= 4 is 0 Å². The fraction of sp³-hybridized carbons (Fsp3) is 1.00. The van der Waals surface area contributed by atoms with Crippen molar-refractivity contribution in [1.29, 1.82) is 0 Å². The number of aliphatic hydroxyl groups is 1. The summed E-state index contributed by atoms with van der Waals surface area (Å²) in [4.78, 5) is 0. The highest BCUT2D eigenvalue weighted by Gasteiger charge is 2.56. The largest absolute Gasteiger partial charge is 0.417 e. The molecule has 2 unspecified atom stereocenters. The van der Waals surface area contributed by atoms with Gasteiger partial charge in [-0.05, 0) is 25.2 Å². The lowest BCUT2D eigenvalue weighted by molar-refractivity contribution is -0.280. The quantitative estimate of drug-likeness (QED) is 0.705. The van der Waals surface area contributed by atoms with Crippen LogP contribution in [0.1, 0.15) is 39.5 Å². The van der Waals surface area contributed by atoms with Crippen LogP contribution in [-0.4, -0.2) is 16.9 Å². The van der Waals surface area contributed by atoms with Gasteiger partial charge < -0.3 is 5.11 Å². The van der Waals surface area contributed by atoms with Gasteiger partial charge in [-0.2, -0.15) is 13.2 Å². The Morgan fingerprint density at radius 1 is 1.14 bits per heavy atom. The Bertz CT molecular complexity index is 198. The van der Waals surface area contributed by atoms with Crippen LogP contribution >= 0.6 is 0 Å². The summed E-state index contributed by atoms with van der Waals surface area (Å²) in [5.74, 6) is -0.684. The van der Waals surface area contributed by atoms with E-state index in [1.807, 2.05) is 0 Å². The Morgan fingerprint density at radius 3 is 2.07 bits per heavy atom. The van der Waals surface area contributed by atoms with E-state index in [1.165, 1.54) is 0 Å². The molecule has 0 radical (unpaired) electrons. The van der Waals surface area contributed by atoms with Gasteiger partial charge >= 0.3 is 6.18 Å². The van der Waals surface area contributed by atoms with Gasteiger partial charge in [-0.25, -0.2) is 0 Å². The molecule has 3 atom stereocenters. The van der Waals surface area contributed by atoms with Gasteiger partial charge in [-0.3, -0.25) is 0 Å². The molecule has 1 saturated carbocycles. The number of hydrogen-bond donors (Lipinski definition) is 1. The van der Waals surface area contributed by atoms with E-state index < -0.39 is 17.7 Å². The van der Waals surface area contributed by atoms with Crippen molar-refractivity contribution in [2.75, 3.05) is 0 Å². The molecule has 0 spiro atoms. The predicted molar refractivity (Wildman–Crippen MR) is 47.8 cm³/mol. The third-order valence-electron chi connectivity index (χ3n) is 3.41. The molecular weight excluding hydrogens is 193 g/mol. The number of halogens is 3. The normalized spacial score (nSPS) is 33.9. The second-order valence-corrected chi connectivity index (χ2v) is 4.51. The SMILES string of the molecule is C[C@H]1CCCCC1C(C)(O)C(F)(F)F. The molecule has 1 rings (SSSR count). The molecule has 0 aromatic carbocycles. The summed E-state index contributed by atoms with van der Waals surface area (Å²) < 4.78 is 37.6. The average Bonchev–Trinajstić information content (AvgIpc) is 2.02. The lowest BCUT2D eigenvalue weighted by Crippen LogP contribution is -2.51. The molecular formula is C10H17F3O. The lowest BCUT2D eigenvalue weighted by Gasteiger charge is -2.40. The van der Waals surface area contributed by atoms with E-state index in [4.69, 9.17) is 0 Å². The monoisotopic (exact) mass is 210 g/mol. The van der Waals surface area contributed by atoms with E-state index in [0.717, 1.165) is 26.2 Å². The van der Waals surface area contributed by atoms with Crippen LogP contribution < -0.4 is 0 Å². The first kappa shape index (κ1) is 11.8. The molecule has 0 bridgehead atoms. The van der Waals surface area contributed by atoms with Crippen LogP contribution in [0, 0.1) is 11.8 Å². The fourth-order valence-corrected chi connectivity index (χ4v) is 2.36. The number of hydrogen-bond acceptors (Lipinski definition) is 1. The fourth-order valence-electron chi connectivity index (χ4n) is 2.36. The van der Waals surface area contributed by atoms with Gasteiger partial charge in [0.15, 0.2) is 5.60 Å². The first-order valence-electron chi connectivity index (χ1n) is 5.06. The maximum absolute atomic E-state index is 12.5. The Labute approximate surface area is 82.3 Å². The Morgan fingerprint density at radius 2 is 1.64 bits per heavy atom. The molecule has 0 saturated heterocycles. The van der Waals surface area contributed by atoms with Crippen molar-refractivity contribution in [2.45, 2.75) is 51.3 Å². The summed E-state index contributed by atoms with van der Waals surface area (Å²) in [5, 5.41) is 9.52. The van der Waals surface area contributed by atoms with Crippen LogP contribution in [-0.2, 0) is 0 Å². The molecule has 1 aliphatic carbocycles. The van der Waals surface area contributed by atoms with Crippen LogP contribution in [0.25, 0.3) is 0 Å². The molecule has 4 heteroatoms. The van der Waals surface area contributed by atoms with Crippen LogP contribution in [0.15, 0.2) is 0 Å². The van der Waals surface area contributed by atoms with Gasteiger partial charge in [-0.1, -0.05) is 26.2 Å². The molecule has 0 amide bonds. The Hall–Kier alpha value is -0.250. The van der Waals surface area contributed by atoms with Crippen molar-refractivity contribution in [3.05, 3.63) is 0 Å². The van der Waals surface area contributed by atoms with Crippen molar-refractivity contribution < 1.29 is 18.3 Å². The molecule has 0 aliphatic heterocycles. The lowest BCUT2D eigenvalue weighted by atomic mass is 9.71. The molecule has 1 nitrogen and oxygen atoms in total. The highest BCUT2D eigenvalue weighted by molar-refractivity contribution is 4.92. The van der Waals surface area contributed by atoms with Gasteiger partial charge in [0.05, 0.1) is 0 Å². The third-order valence-corrected chi connectivity index (χ3v) is 3.41. The maximum Gasteiger partial charge on any atom is 0.417 e. The van der Waals surface area contributed by atoms with Gasteiger partial charge in [0.1, 0.15) is 0 Å². The van der Waals surface area contributed by atoms with Crippen molar-refractivity contribution in [3.63, 3.8) is 0 Å². The first-order valence-corrected chi connectivity index (χ1v) is 5.06. The van der Waals surface area contributed by atoms with E-state index in [-0.39, 0.29) is 5.92 Å². The zero-order valence-electron chi connectivity index (χ0n) is 8.56. The molecule has 1 aliphatic rings. The molecule has 1 N–H and O–H groups in total. The summed E-state index contributed by atoms with van der Waals surface area (Å²) in [7, 11) is 0. The summed E-state index contributed by atoms with van der Waals surface area (Å²) in [6.45, 7) is 2.70. The van der Waals surface area contributed by atoms with E-state index in [0.29, 0.717) is 6.42 Å². The predicted octanol–water partition coefficient (Wildman–Crippen LogP) is 3.13. The van der Waals surface area contributed by atoms with E-state index >= 15 is 0 Å². The molecule has 84 valence electrons. The minimum absolute atomic E-state index is 0.0413. The number of rotatable bonds is 1. The maximum atomic E-state index is 12.5. The molecule has 1 fully saturated rings. The van der Waals surface area contributed by atoms with Crippen molar-refractivity contribution in [1.82, 2.24) is 0 Å². The van der Waals surface area contributed by atoms with Crippen molar-refractivity contribution in [2.24, 2.45) is 11.8 Å². The van der Waals surface area contributed by atoms with Gasteiger partial charge in [0, 0.05) is 0 Å². The summed E-state index contributed by atoms with van der Waals surface area (Å²) in [6.07, 6.45) is -1.47. The standard InChI is InChI=1S/C10H17F3O/c1-7-5-3-4-6-8(7)9(2,14)10(11,12)13/h7-8,14H,3-6H2,1-2H3/t7-,8?,9?/m0/s1. The second kappa shape index (κ2) is 3.72. The van der Waals surface area contributed by atoms with Gasteiger partial charge in [0.2, 0.25) is 0 Å². The summed E-state index contributed by atoms with van der Waals surface area (Å²) in [6, 6.07) is 0. The highest BCUT2D eigenvalue weighted by Crippen LogP contribution is 2.44. The minimum Gasteiger partial charge on any atom is -0.380 e. The van der Waals surface area contributed by atoms with Crippen LogP contribution in [0.2, 0.25) is 0 Å². The Balaban J connectivity index is 2.79. The van der Waals surface area contributed by atoms with Gasteiger partial charge in [0.25, 0.3) is 0 Å². The number of alkyl halides is 3. The molecule has 0 aromatic rings. The van der Waals surface area contributed by atoms with Crippen LogP contribution in [0.4, 0.5) is 13.2 Å². The Kier molecular flexibility index (Phi) is 3.14. The second-order valence-electron chi connectivity index (χ2n) is 4.51. The van der Waals surface area contributed by atoms with Crippen LogP contribution in [0.5, 0.6) is 0 Å². The van der Waals surface area contributed by atoms with E-state index in [2.05, 4.69) is 0 Å². The highest BCUT2D eigenvalue weighted by atomic mass is 19.4. The summed E-state index contributed by atoms with van der Waals surface area (Å²) in [5.41, 5.74) is -2.52. The first-order chi connectivity index (χ1) is 6.27. The zero-order chi connectivity index (χ0) is 11.0. The van der Waals surface area contributed by atoms with Gasteiger partial charge in [-0.15, -0.1) is 0 Å². The smallest absolute Gasteiger partial charge is 0.380 e.